The Morgan fingerprint density at radius 3 is 2.77 bits per heavy atom. The van der Waals surface area contributed by atoms with Crippen LogP contribution in [0.3, 0.4) is 0 Å². The number of nitrogens with zero attached hydrogens (tertiary/aromatic N) is 1. The van der Waals surface area contributed by atoms with Gasteiger partial charge >= 0.3 is 0 Å². The van der Waals surface area contributed by atoms with Crippen LogP contribution in [0.1, 0.15) is 72.3 Å². The monoisotopic (exact) mass is 495 g/mol. The first-order valence-electron chi connectivity index (χ1n) is 12.1. The van der Waals surface area contributed by atoms with Gasteiger partial charge < -0.3 is 20.5 Å². The second-order valence-corrected chi connectivity index (χ2v) is 9.97. The lowest BCUT2D eigenvalue weighted by Crippen LogP contribution is -2.19. The van der Waals surface area contributed by atoms with E-state index >= 15 is 0 Å². The Morgan fingerprint density at radius 1 is 1.29 bits per heavy atom. The molecule has 1 aliphatic rings. The Hall–Kier alpha value is -3.31. The Kier molecular flexibility index (Phi) is 9.32. The number of hydrogen-bond donors (Lipinski definition) is 2. The number of ether oxygens (including phenoxy) is 2. The highest BCUT2D eigenvalue weighted by Gasteiger charge is 2.27. The van der Waals surface area contributed by atoms with Gasteiger partial charge in [0.2, 0.25) is 0 Å². The van der Waals surface area contributed by atoms with Crippen molar-refractivity contribution in [3.63, 3.8) is 0 Å². The fraction of sp³-hybridized carbons (Fsp3) is 0.444. The molecule has 186 valence electrons. The average Bonchev–Trinajstić information content (AvgIpc) is 3.19. The van der Waals surface area contributed by atoms with Crippen LogP contribution in [0.25, 0.3) is 6.08 Å². The van der Waals surface area contributed by atoms with Gasteiger partial charge in [-0.2, -0.15) is 5.26 Å². The van der Waals surface area contributed by atoms with Gasteiger partial charge in [0.05, 0.1) is 19.3 Å². The van der Waals surface area contributed by atoms with E-state index in [0.29, 0.717) is 40.2 Å². The number of amides is 2. The number of methoxy groups -OCH3 is 1. The number of carbonyl (C=O) groups excluding carboxylic acids is 2. The Balaban J connectivity index is 1.77. The predicted molar refractivity (Wildman–Crippen MR) is 139 cm³/mol. The number of nitrogens with one attached hydrogen (secondary N) is 1. The van der Waals surface area contributed by atoms with Gasteiger partial charge in [-0.1, -0.05) is 39.2 Å². The number of nitrogens with two attached hydrogens (primary N) is 1. The van der Waals surface area contributed by atoms with Crippen LogP contribution in [0.5, 0.6) is 11.5 Å². The first kappa shape index (κ1) is 26.3. The largest absolute Gasteiger partial charge is 0.493 e. The minimum Gasteiger partial charge on any atom is -0.493 e. The number of thiophene rings is 1. The van der Waals surface area contributed by atoms with Crippen molar-refractivity contribution in [1.82, 2.24) is 0 Å². The molecular weight excluding hydrogens is 462 g/mol. The number of fused-ring (bicyclic) bond motifs is 1. The van der Waals surface area contributed by atoms with Crippen LogP contribution >= 0.6 is 11.3 Å². The Labute approximate surface area is 210 Å². The van der Waals surface area contributed by atoms with E-state index in [-0.39, 0.29) is 5.57 Å². The highest BCUT2D eigenvalue weighted by molar-refractivity contribution is 7.17. The van der Waals surface area contributed by atoms with Crippen LogP contribution in [0.4, 0.5) is 5.00 Å². The van der Waals surface area contributed by atoms with E-state index in [2.05, 4.69) is 19.2 Å². The molecule has 7 nitrogen and oxygen atoms in total. The highest BCUT2D eigenvalue weighted by Crippen LogP contribution is 2.39. The second kappa shape index (κ2) is 12.4. The Morgan fingerprint density at radius 2 is 2.09 bits per heavy atom. The number of hydrogen-bond acceptors (Lipinski definition) is 6. The standard InChI is InChI=1S/C27H33N3O4S/c1-4-5-6-7-12-34-21-11-9-18(15-22(21)33-3)14-19(16-28)26(32)30-27-24(25(29)31)20-10-8-17(2)13-23(20)35-27/h9,11,14-15,17H,4-8,10,12-13H2,1-3H3,(H2,29,31)(H,30,32)/b19-14+/t17-/m1/s1. The lowest BCUT2D eigenvalue weighted by molar-refractivity contribution is -0.112. The quantitative estimate of drug-likeness (QED) is 0.243. The number of rotatable bonds is 11. The van der Waals surface area contributed by atoms with Gasteiger partial charge in [0.25, 0.3) is 11.8 Å². The lowest BCUT2D eigenvalue weighted by atomic mass is 9.88. The SMILES string of the molecule is CCCCCCOc1ccc(/C=C(\C#N)C(=O)Nc2sc3c(c2C(N)=O)CC[C@@H](C)C3)cc1OC. The summed E-state index contributed by atoms with van der Waals surface area (Å²) in [6.45, 7) is 4.93. The van der Waals surface area contributed by atoms with Crippen LogP contribution in [0.2, 0.25) is 0 Å². The maximum absolute atomic E-state index is 12.9. The molecule has 8 heteroatoms. The van der Waals surface area contributed by atoms with E-state index < -0.39 is 11.8 Å². The van der Waals surface area contributed by atoms with Crippen molar-refractivity contribution in [2.24, 2.45) is 11.7 Å². The first-order chi connectivity index (χ1) is 16.9. The molecule has 35 heavy (non-hydrogen) atoms. The maximum atomic E-state index is 12.9. The van der Waals surface area contributed by atoms with Crippen molar-refractivity contribution in [3.05, 3.63) is 45.3 Å². The molecule has 1 heterocycles. The molecule has 2 aromatic rings. The van der Waals surface area contributed by atoms with E-state index in [1.54, 1.807) is 25.3 Å². The fourth-order valence-electron chi connectivity index (χ4n) is 4.19. The zero-order valence-electron chi connectivity index (χ0n) is 20.6. The molecule has 0 radical (unpaired) electrons. The summed E-state index contributed by atoms with van der Waals surface area (Å²) in [5.41, 5.74) is 7.47. The summed E-state index contributed by atoms with van der Waals surface area (Å²) >= 11 is 1.37. The van der Waals surface area contributed by atoms with E-state index in [0.717, 1.165) is 49.0 Å². The first-order valence-corrected chi connectivity index (χ1v) is 12.9. The van der Waals surface area contributed by atoms with E-state index in [1.807, 2.05) is 6.07 Å². The molecule has 1 aromatic heterocycles. The van der Waals surface area contributed by atoms with Crippen LogP contribution in [0.15, 0.2) is 23.8 Å². The van der Waals surface area contributed by atoms with Crippen molar-refractivity contribution >= 4 is 34.2 Å². The summed E-state index contributed by atoms with van der Waals surface area (Å²) in [5.74, 6) is 0.511. The molecule has 1 atom stereocenters. The summed E-state index contributed by atoms with van der Waals surface area (Å²) in [4.78, 5) is 26.2. The number of benzene rings is 1. The smallest absolute Gasteiger partial charge is 0.266 e. The summed E-state index contributed by atoms with van der Waals surface area (Å²) < 4.78 is 11.3. The summed E-state index contributed by atoms with van der Waals surface area (Å²) in [6.07, 6.45) is 8.50. The molecule has 3 rings (SSSR count). The number of nitriles is 1. The fourth-order valence-corrected chi connectivity index (χ4v) is 5.60. The summed E-state index contributed by atoms with van der Waals surface area (Å²) in [6, 6.07) is 7.23. The third kappa shape index (κ3) is 6.64. The molecule has 2 amide bonds. The molecule has 0 aliphatic heterocycles. The maximum Gasteiger partial charge on any atom is 0.266 e. The van der Waals surface area contributed by atoms with Gasteiger partial charge in [-0.3, -0.25) is 9.59 Å². The van der Waals surface area contributed by atoms with Crippen molar-refractivity contribution in [1.29, 1.82) is 5.26 Å². The topological polar surface area (TPSA) is 114 Å². The molecule has 1 aliphatic carbocycles. The molecule has 0 unspecified atom stereocenters. The van der Waals surface area contributed by atoms with Gasteiger partial charge in [0, 0.05) is 4.88 Å². The molecule has 0 spiro atoms. The number of anilines is 1. The van der Waals surface area contributed by atoms with Crippen LogP contribution in [-0.2, 0) is 17.6 Å². The number of primary amides is 1. The van der Waals surface area contributed by atoms with E-state index in [4.69, 9.17) is 15.2 Å². The van der Waals surface area contributed by atoms with Crippen LogP contribution in [-0.4, -0.2) is 25.5 Å². The predicted octanol–water partition coefficient (Wildman–Crippen LogP) is 5.49. The molecule has 0 saturated heterocycles. The minimum atomic E-state index is -0.586. The van der Waals surface area contributed by atoms with Crippen molar-refractivity contribution in [2.75, 3.05) is 19.0 Å². The molecular formula is C27H33N3O4S. The molecule has 3 N–H and O–H groups in total. The summed E-state index contributed by atoms with van der Waals surface area (Å²) in [5, 5.41) is 12.8. The molecule has 0 saturated carbocycles. The Bertz CT molecular complexity index is 1150. The highest BCUT2D eigenvalue weighted by atomic mass is 32.1. The number of carbonyl (C=O) groups is 2. The third-order valence-corrected chi connectivity index (χ3v) is 7.27. The molecule has 0 bridgehead atoms. The molecule has 0 fully saturated rings. The van der Waals surface area contributed by atoms with Gasteiger partial charge in [-0.15, -0.1) is 11.3 Å². The van der Waals surface area contributed by atoms with Gasteiger partial charge in [-0.05, 0) is 60.9 Å². The lowest BCUT2D eigenvalue weighted by Gasteiger charge is -2.18. The zero-order chi connectivity index (χ0) is 25.4. The normalized spacial score (nSPS) is 15.1. The zero-order valence-corrected chi connectivity index (χ0v) is 21.4. The van der Waals surface area contributed by atoms with Crippen LogP contribution < -0.4 is 20.5 Å². The van der Waals surface area contributed by atoms with E-state index in [1.165, 1.54) is 23.8 Å². The molecule has 1 aromatic carbocycles. The van der Waals surface area contributed by atoms with Crippen molar-refractivity contribution in [3.8, 4) is 17.6 Å². The average molecular weight is 496 g/mol. The van der Waals surface area contributed by atoms with Gasteiger partial charge in [0.1, 0.15) is 16.6 Å². The van der Waals surface area contributed by atoms with Crippen molar-refractivity contribution in [2.45, 2.75) is 58.8 Å². The third-order valence-electron chi connectivity index (χ3n) is 6.10. The van der Waals surface area contributed by atoms with E-state index in [9.17, 15) is 14.9 Å². The van der Waals surface area contributed by atoms with Gasteiger partial charge in [-0.25, -0.2) is 0 Å². The van der Waals surface area contributed by atoms with Crippen LogP contribution in [0, 0.1) is 17.2 Å². The minimum absolute atomic E-state index is 0.0875. The number of unbranched alkanes of at least 4 members (excludes halogenated alkanes) is 3. The van der Waals surface area contributed by atoms with Gasteiger partial charge in [0.15, 0.2) is 11.5 Å². The summed E-state index contributed by atoms with van der Waals surface area (Å²) in [7, 11) is 1.55. The van der Waals surface area contributed by atoms with Crippen molar-refractivity contribution < 1.29 is 19.1 Å². The second-order valence-electron chi connectivity index (χ2n) is 8.86.